The van der Waals surface area contributed by atoms with Gasteiger partial charge in [0, 0.05) is 13.1 Å². The molecule has 0 aromatic heterocycles. The van der Waals surface area contributed by atoms with Gasteiger partial charge in [0.25, 0.3) is 5.91 Å². The van der Waals surface area contributed by atoms with Crippen LogP contribution in [0, 0.1) is 5.82 Å². The van der Waals surface area contributed by atoms with Crippen molar-refractivity contribution in [2.24, 2.45) is 0 Å². The van der Waals surface area contributed by atoms with E-state index in [0.717, 1.165) is 0 Å². The van der Waals surface area contributed by atoms with Crippen molar-refractivity contribution in [3.63, 3.8) is 0 Å². The van der Waals surface area contributed by atoms with E-state index < -0.39 is 5.82 Å². The fourth-order valence-electron chi connectivity index (χ4n) is 1.91. The number of amides is 1. The molecule has 0 saturated carbocycles. The van der Waals surface area contributed by atoms with Crippen LogP contribution in [0.4, 0.5) is 4.39 Å². The first-order valence-electron chi connectivity index (χ1n) is 5.51. The molecule has 0 radical (unpaired) electrons. The van der Waals surface area contributed by atoms with Crippen molar-refractivity contribution in [1.82, 2.24) is 4.90 Å². The summed E-state index contributed by atoms with van der Waals surface area (Å²) in [5.41, 5.74) is 0.335. The lowest BCUT2D eigenvalue weighted by Gasteiger charge is -2.29. The Balaban J connectivity index is 2.17. The molecule has 17 heavy (non-hydrogen) atoms. The highest BCUT2D eigenvalue weighted by Crippen LogP contribution is 2.23. The van der Waals surface area contributed by atoms with Crippen molar-refractivity contribution in [1.29, 1.82) is 0 Å². The normalized spacial score (nSPS) is 17.2. The molecule has 0 spiro atoms. The van der Waals surface area contributed by atoms with Gasteiger partial charge in [-0.15, -0.1) is 0 Å². The van der Waals surface area contributed by atoms with Crippen LogP contribution in [0.5, 0.6) is 0 Å². The van der Waals surface area contributed by atoms with Crippen LogP contribution in [0.1, 0.15) is 23.2 Å². The van der Waals surface area contributed by atoms with Crippen LogP contribution in [-0.4, -0.2) is 35.1 Å². The van der Waals surface area contributed by atoms with Gasteiger partial charge in [-0.2, -0.15) is 0 Å². The van der Waals surface area contributed by atoms with Gasteiger partial charge in [0.1, 0.15) is 5.82 Å². The summed E-state index contributed by atoms with van der Waals surface area (Å²) in [7, 11) is 0. The van der Waals surface area contributed by atoms with Crippen LogP contribution in [-0.2, 0) is 0 Å². The molecular weight excluding hydrogens is 289 g/mol. The van der Waals surface area contributed by atoms with Gasteiger partial charge >= 0.3 is 0 Å². The molecular formula is C12H13BrFNO2. The third kappa shape index (κ3) is 2.66. The number of likely N-dealkylation sites (tertiary alicyclic amines) is 1. The Hall–Kier alpha value is -0.940. The molecule has 1 amide bonds. The van der Waals surface area contributed by atoms with E-state index in [-0.39, 0.29) is 16.5 Å². The second kappa shape index (κ2) is 5.14. The van der Waals surface area contributed by atoms with Gasteiger partial charge in [-0.25, -0.2) is 4.39 Å². The average Bonchev–Trinajstić information content (AvgIpc) is 2.33. The second-order valence-electron chi connectivity index (χ2n) is 4.12. The summed E-state index contributed by atoms with van der Waals surface area (Å²) in [4.78, 5) is 13.8. The van der Waals surface area contributed by atoms with Crippen molar-refractivity contribution in [3.8, 4) is 0 Å². The summed E-state index contributed by atoms with van der Waals surface area (Å²) in [6.07, 6.45) is 0.840. The fraction of sp³-hybridized carbons (Fsp3) is 0.417. The minimum absolute atomic E-state index is 0.191. The minimum Gasteiger partial charge on any atom is -0.393 e. The SMILES string of the molecule is O=C(c1cccc(F)c1Br)N1CCC(O)CC1. The summed E-state index contributed by atoms with van der Waals surface area (Å²) >= 11 is 3.09. The summed E-state index contributed by atoms with van der Waals surface area (Å²) in [6, 6.07) is 4.42. The van der Waals surface area contributed by atoms with Crippen molar-refractivity contribution >= 4 is 21.8 Å². The van der Waals surface area contributed by atoms with E-state index in [2.05, 4.69) is 15.9 Å². The average molecular weight is 302 g/mol. The third-order valence-electron chi connectivity index (χ3n) is 2.93. The molecule has 1 fully saturated rings. The molecule has 0 bridgehead atoms. The molecule has 1 aromatic carbocycles. The first-order valence-corrected chi connectivity index (χ1v) is 6.30. The zero-order valence-electron chi connectivity index (χ0n) is 9.20. The number of carbonyl (C=O) groups is 1. The Labute approximate surface area is 107 Å². The largest absolute Gasteiger partial charge is 0.393 e. The lowest BCUT2D eigenvalue weighted by Crippen LogP contribution is -2.40. The lowest BCUT2D eigenvalue weighted by atomic mass is 10.1. The maximum atomic E-state index is 13.3. The Morgan fingerprint density at radius 3 is 2.71 bits per heavy atom. The monoisotopic (exact) mass is 301 g/mol. The number of aliphatic hydroxyl groups excluding tert-OH is 1. The number of aliphatic hydroxyl groups is 1. The Kier molecular flexibility index (Phi) is 3.79. The van der Waals surface area contributed by atoms with Gasteiger partial charge in [-0.1, -0.05) is 6.07 Å². The van der Waals surface area contributed by atoms with Gasteiger partial charge in [-0.3, -0.25) is 4.79 Å². The molecule has 1 N–H and O–H groups in total. The number of carbonyl (C=O) groups excluding carboxylic acids is 1. The van der Waals surface area contributed by atoms with Crippen LogP contribution in [0.25, 0.3) is 0 Å². The molecule has 1 saturated heterocycles. The van der Waals surface area contributed by atoms with E-state index >= 15 is 0 Å². The van der Waals surface area contributed by atoms with Crippen molar-refractivity contribution in [2.75, 3.05) is 13.1 Å². The molecule has 1 heterocycles. The van der Waals surface area contributed by atoms with Gasteiger partial charge in [-0.05, 0) is 40.9 Å². The highest BCUT2D eigenvalue weighted by Gasteiger charge is 2.24. The van der Waals surface area contributed by atoms with Gasteiger partial charge in [0.2, 0.25) is 0 Å². The van der Waals surface area contributed by atoms with Gasteiger partial charge in [0.15, 0.2) is 0 Å². The molecule has 3 nitrogen and oxygen atoms in total. The smallest absolute Gasteiger partial charge is 0.255 e. The summed E-state index contributed by atoms with van der Waals surface area (Å²) < 4.78 is 13.5. The van der Waals surface area contributed by atoms with E-state index in [1.807, 2.05) is 0 Å². The first-order chi connectivity index (χ1) is 8.09. The molecule has 5 heteroatoms. The Morgan fingerprint density at radius 2 is 2.06 bits per heavy atom. The van der Waals surface area contributed by atoms with Crippen LogP contribution in [0.15, 0.2) is 22.7 Å². The van der Waals surface area contributed by atoms with Crippen molar-refractivity contribution < 1.29 is 14.3 Å². The molecule has 0 aliphatic carbocycles. The molecule has 2 rings (SSSR count). The van der Waals surface area contributed by atoms with Crippen molar-refractivity contribution in [2.45, 2.75) is 18.9 Å². The Bertz CT molecular complexity index is 431. The summed E-state index contributed by atoms with van der Waals surface area (Å²) in [5, 5.41) is 9.37. The van der Waals surface area contributed by atoms with E-state index in [0.29, 0.717) is 31.5 Å². The number of benzene rings is 1. The van der Waals surface area contributed by atoms with E-state index in [4.69, 9.17) is 0 Å². The zero-order chi connectivity index (χ0) is 12.4. The van der Waals surface area contributed by atoms with Gasteiger partial charge in [0.05, 0.1) is 16.1 Å². The quantitative estimate of drug-likeness (QED) is 0.864. The number of halogens is 2. The number of hydrogen-bond acceptors (Lipinski definition) is 2. The zero-order valence-corrected chi connectivity index (χ0v) is 10.8. The predicted octanol–water partition coefficient (Wildman–Crippen LogP) is 2.19. The predicted molar refractivity (Wildman–Crippen MR) is 65.2 cm³/mol. The molecule has 1 aliphatic heterocycles. The molecule has 0 atom stereocenters. The molecule has 0 unspecified atom stereocenters. The molecule has 1 aromatic rings. The number of hydrogen-bond donors (Lipinski definition) is 1. The number of rotatable bonds is 1. The highest BCUT2D eigenvalue weighted by molar-refractivity contribution is 9.10. The lowest BCUT2D eigenvalue weighted by molar-refractivity contribution is 0.0545. The van der Waals surface area contributed by atoms with Crippen LogP contribution < -0.4 is 0 Å². The van der Waals surface area contributed by atoms with E-state index in [9.17, 15) is 14.3 Å². The first kappa shape index (κ1) is 12.5. The standard InChI is InChI=1S/C12H13BrFNO2/c13-11-9(2-1-3-10(11)14)12(17)15-6-4-8(16)5-7-15/h1-3,8,16H,4-7H2. The summed E-state index contributed by atoms with van der Waals surface area (Å²) in [5.74, 6) is -0.629. The minimum atomic E-state index is -0.437. The molecule has 1 aliphatic rings. The van der Waals surface area contributed by atoms with Crippen LogP contribution in [0.3, 0.4) is 0 Å². The topological polar surface area (TPSA) is 40.5 Å². The van der Waals surface area contributed by atoms with Crippen LogP contribution >= 0.6 is 15.9 Å². The number of piperidine rings is 1. The maximum Gasteiger partial charge on any atom is 0.255 e. The highest BCUT2D eigenvalue weighted by atomic mass is 79.9. The second-order valence-corrected chi connectivity index (χ2v) is 4.92. The summed E-state index contributed by atoms with van der Waals surface area (Å²) in [6.45, 7) is 1.03. The van der Waals surface area contributed by atoms with E-state index in [1.165, 1.54) is 12.1 Å². The maximum absolute atomic E-state index is 13.3. The van der Waals surface area contributed by atoms with Crippen molar-refractivity contribution in [3.05, 3.63) is 34.1 Å². The van der Waals surface area contributed by atoms with Gasteiger partial charge < -0.3 is 10.0 Å². The third-order valence-corrected chi connectivity index (χ3v) is 3.74. The Morgan fingerprint density at radius 1 is 1.41 bits per heavy atom. The number of nitrogens with zero attached hydrogens (tertiary/aromatic N) is 1. The van der Waals surface area contributed by atoms with Crippen LogP contribution in [0.2, 0.25) is 0 Å². The van der Waals surface area contributed by atoms with E-state index in [1.54, 1.807) is 11.0 Å². The molecule has 92 valence electrons. The fourth-order valence-corrected chi connectivity index (χ4v) is 2.34.